The van der Waals surface area contributed by atoms with Crippen LogP contribution in [0.1, 0.15) is 31.4 Å². The van der Waals surface area contributed by atoms with Gasteiger partial charge in [0.25, 0.3) is 0 Å². The van der Waals surface area contributed by atoms with Gasteiger partial charge in [0.15, 0.2) is 0 Å². The molecule has 5 nitrogen and oxygen atoms in total. The average molecular weight is 472 g/mol. The number of halogens is 2. The molecule has 144 valence electrons. The molecular weight excluding hydrogens is 452 g/mol. The van der Waals surface area contributed by atoms with Crippen molar-refractivity contribution in [2.45, 2.75) is 36.7 Å². The van der Waals surface area contributed by atoms with Gasteiger partial charge in [-0.25, -0.2) is 8.42 Å². The van der Waals surface area contributed by atoms with Crippen LogP contribution in [0.5, 0.6) is 0 Å². The molecule has 2 aromatic carbocycles. The zero-order chi connectivity index (χ0) is 19.6. The van der Waals surface area contributed by atoms with Crippen LogP contribution >= 0.6 is 27.5 Å². The largest absolute Gasteiger partial charge is 0.348 e. The molecule has 1 saturated heterocycles. The lowest BCUT2D eigenvalue weighted by molar-refractivity contribution is -0.124. The Balaban J connectivity index is 1.76. The topological polar surface area (TPSA) is 66.5 Å². The van der Waals surface area contributed by atoms with Crippen molar-refractivity contribution in [2.75, 3.05) is 6.54 Å². The first-order valence-electron chi connectivity index (χ1n) is 8.62. The number of nitrogens with zero attached hydrogens (tertiary/aromatic N) is 1. The quantitative estimate of drug-likeness (QED) is 0.713. The third-order valence-electron chi connectivity index (χ3n) is 4.66. The van der Waals surface area contributed by atoms with Gasteiger partial charge in [-0.1, -0.05) is 39.7 Å². The van der Waals surface area contributed by atoms with Gasteiger partial charge in [-0.2, -0.15) is 4.31 Å². The molecule has 1 amide bonds. The Morgan fingerprint density at radius 1 is 1.19 bits per heavy atom. The number of hydrogen-bond donors (Lipinski definition) is 1. The van der Waals surface area contributed by atoms with E-state index in [1.165, 1.54) is 4.31 Å². The molecular formula is C19H20BrClN2O3S. The second-order valence-electron chi connectivity index (χ2n) is 6.51. The number of hydrogen-bond acceptors (Lipinski definition) is 3. The highest BCUT2D eigenvalue weighted by molar-refractivity contribution is 9.10. The van der Waals surface area contributed by atoms with Gasteiger partial charge in [-0.3, -0.25) is 4.79 Å². The van der Waals surface area contributed by atoms with Crippen molar-refractivity contribution >= 4 is 43.5 Å². The van der Waals surface area contributed by atoms with Crippen LogP contribution < -0.4 is 5.32 Å². The van der Waals surface area contributed by atoms with Crippen LogP contribution in [0.25, 0.3) is 0 Å². The van der Waals surface area contributed by atoms with Crippen LogP contribution in [0, 0.1) is 0 Å². The first kappa shape index (κ1) is 20.3. The number of rotatable bonds is 5. The minimum absolute atomic E-state index is 0.191. The second-order valence-corrected chi connectivity index (χ2v) is 9.75. The van der Waals surface area contributed by atoms with E-state index in [-0.39, 0.29) is 16.8 Å². The van der Waals surface area contributed by atoms with Gasteiger partial charge in [-0.15, -0.1) is 0 Å². The smallest absolute Gasteiger partial charge is 0.243 e. The third kappa shape index (κ3) is 4.54. The van der Waals surface area contributed by atoms with Crippen LogP contribution in [0.15, 0.2) is 57.9 Å². The number of sulfonamides is 1. The van der Waals surface area contributed by atoms with E-state index in [0.29, 0.717) is 24.4 Å². The van der Waals surface area contributed by atoms with Gasteiger partial charge >= 0.3 is 0 Å². The van der Waals surface area contributed by atoms with E-state index in [4.69, 9.17) is 11.6 Å². The van der Waals surface area contributed by atoms with Gasteiger partial charge in [-0.05, 0) is 61.7 Å². The van der Waals surface area contributed by atoms with E-state index < -0.39 is 16.1 Å². The first-order chi connectivity index (χ1) is 12.8. The lowest BCUT2D eigenvalue weighted by Crippen LogP contribution is -2.46. The Labute approximate surface area is 172 Å². The summed E-state index contributed by atoms with van der Waals surface area (Å²) in [6, 6.07) is 12.7. The number of amides is 1. The Kier molecular flexibility index (Phi) is 6.25. The Bertz CT molecular complexity index is 917. The zero-order valence-corrected chi connectivity index (χ0v) is 17.9. The van der Waals surface area contributed by atoms with E-state index in [9.17, 15) is 13.2 Å². The normalized spacial score (nSPS) is 19.0. The summed E-state index contributed by atoms with van der Waals surface area (Å²) >= 11 is 9.20. The molecule has 0 unspecified atom stereocenters. The molecule has 2 aromatic rings. The van der Waals surface area contributed by atoms with Gasteiger partial charge in [0.1, 0.15) is 6.04 Å². The Morgan fingerprint density at radius 3 is 2.44 bits per heavy atom. The van der Waals surface area contributed by atoms with Gasteiger partial charge < -0.3 is 5.32 Å². The molecule has 8 heteroatoms. The zero-order valence-electron chi connectivity index (χ0n) is 14.7. The standard InChI is InChI=1S/C19H20BrClN2O3S/c1-13(14-4-8-16(21)9-5-14)22-19(24)18-3-2-12-23(18)27(25,26)17-10-6-15(20)7-11-17/h4-11,13,18H,2-3,12H2,1H3,(H,22,24)/t13-,18+/m0/s1. The molecule has 3 rings (SSSR count). The molecule has 1 N–H and O–H groups in total. The van der Waals surface area contributed by atoms with Crippen molar-refractivity contribution in [3.05, 3.63) is 63.6 Å². The maximum Gasteiger partial charge on any atom is 0.243 e. The minimum Gasteiger partial charge on any atom is -0.348 e. The van der Waals surface area contributed by atoms with E-state index in [1.807, 2.05) is 19.1 Å². The predicted molar refractivity (Wildman–Crippen MR) is 109 cm³/mol. The number of benzene rings is 2. The molecule has 2 atom stereocenters. The van der Waals surface area contributed by atoms with Crippen molar-refractivity contribution in [2.24, 2.45) is 0 Å². The van der Waals surface area contributed by atoms with E-state index in [1.54, 1.807) is 36.4 Å². The lowest BCUT2D eigenvalue weighted by atomic mass is 10.1. The molecule has 0 bridgehead atoms. The van der Waals surface area contributed by atoms with E-state index in [0.717, 1.165) is 10.0 Å². The van der Waals surface area contributed by atoms with Gasteiger partial charge in [0, 0.05) is 16.0 Å². The summed E-state index contributed by atoms with van der Waals surface area (Å²) in [4.78, 5) is 13.0. The number of carbonyl (C=O) groups is 1. The monoisotopic (exact) mass is 470 g/mol. The summed E-state index contributed by atoms with van der Waals surface area (Å²) in [6.07, 6.45) is 1.16. The fourth-order valence-corrected chi connectivity index (χ4v) is 5.22. The van der Waals surface area contributed by atoms with Gasteiger partial charge in [0.2, 0.25) is 15.9 Å². The third-order valence-corrected chi connectivity index (χ3v) is 7.36. The molecule has 0 aliphatic carbocycles. The van der Waals surface area contributed by atoms with Crippen LogP contribution in [0.2, 0.25) is 5.02 Å². The Hall–Kier alpha value is -1.41. The summed E-state index contributed by atoms with van der Waals surface area (Å²) in [6.45, 7) is 2.20. The number of nitrogens with one attached hydrogen (secondary N) is 1. The molecule has 0 spiro atoms. The molecule has 1 aliphatic heterocycles. The fraction of sp³-hybridized carbons (Fsp3) is 0.316. The van der Waals surface area contributed by atoms with Crippen molar-refractivity contribution in [3.63, 3.8) is 0 Å². The summed E-state index contributed by atoms with van der Waals surface area (Å²) in [5, 5.41) is 3.55. The first-order valence-corrected chi connectivity index (χ1v) is 11.2. The molecule has 0 aromatic heterocycles. The van der Waals surface area contributed by atoms with Crippen molar-refractivity contribution in [1.29, 1.82) is 0 Å². The summed E-state index contributed by atoms with van der Waals surface area (Å²) in [5.74, 6) is -0.282. The van der Waals surface area contributed by atoms with Crippen LogP contribution in [-0.4, -0.2) is 31.2 Å². The summed E-state index contributed by atoms with van der Waals surface area (Å²) in [5.41, 5.74) is 0.910. The SMILES string of the molecule is C[C@H](NC(=O)[C@H]1CCCN1S(=O)(=O)c1ccc(Br)cc1)c1ccc(Cl)cc1. The van der Waals surface area contributed by atoms with E-state index in [2.05, 4.69) is 21.2 Å². The fourth-order valence-electron chi connectivity index (χ4n) is 3.18. The molecule has 27 heavy (non-hydrogen) atoms. The summed E-state index contributed by atoms with van der Waals surface area (Å²) in [7, 11) is -3.72. The molecule has 1 fully saturated rings. The summed E-state index contributed by atoms with van der Waals surface area (Å²) < 4.78 is 28.0. The van der Waals surface area contributed by atoms with Crippen LogP contribution in [0.3, 0.4) is 0 Å². The number of carbonyl (C=O) groups excluding carboxylic acids is 1. The molecule has 1 heterocycles. The van der Waals surface area contributed by atoms with Crippen molar-refractivity contribution in [1.82, 2.24) is 9.62 Å². The van der Waals surface area contributed by atoms with Crippen molar-refractivity contribution in [3.8, 4) is 0 Å². The van der Waals surface area contributed by atoms with E-state index >= 15 is 0 Å². The Morgan fingerprint density at radius 2 is 1.81 bits per heavy atom. The van der Waals surface area contributed by atoms with Crippen LogP contribution in [0.4, 0.5) is 0 Å². The average Bonchev–Trinajstić information content (AvgIpc) is 3.13. The maximum atomic E-state index is 13.0. The lowest BCUT2D eigenvalue weighted by Gasteiger charge is -2.25. The highest BCUT2D eigenvalue weighted by atomic mass is 79.9. The highest BCUT2D eigenvalue weighted by Crippen LogP contribution is 2.27. The predicted octanol–water partition coefficient (Wildman–Crippen LogP) is 4.13. The molecule has 1 aliphatic rings. The maximum absolute atomic E-state index is 13.0. The molecule has 0 radical (unpaired) electrons. The van der Waals surface area contributed by atoms with Gasteiger partial charge in [0.05, 0.1) is 10.9 Å². The molecule has 0 saturated carbocycles. The minimum atomic E-state index is -3.72. The van der Waals surface area contributed by atoms with Crippen LogP contribution in [-0.2, 0) is 14.8 Å². The highest BCUT2D eigenvalue weighted by Gasteiger charge is 2.39. The second kappa shape index (κ2) is 8.31. The van der Waals surface area contributed by atoms with Crippen molar-refractivity contribution < 1.29 is 13.2 Å².